The van der Waals surface area contributed by atoms with Crippen molar-refractivity contribution in [3.8, 4) is 0 Å². The molecule has 0 aromatic heterocycles. The first-order valence-electron chi connectivity index (χ1n) is 8.55. The lowest BCUT2D eigenvalue weighted by Gasteiger charge is -2.32. The van der Waals surface area contributed by atoms with Crippen LogP contribution in [0.2, 0.25) is 10.0 Å². The summed E-state index contributed by atoms with van der Waals surface area (Å²) in [6.45, 7) is 6.33. The van der Waals surface area contributed by atoms with Gasteiger partial charge in [-0.15, -0.1) is 0 Å². The normalized spacial score (nSPS) is 15.7. The lowest BCUT2D eigenvalue weighted by molar-refractivity contribution is -0.123. The molecule has 0 atom stereocenters. The van der Waals surface area contributed by atoms with Crippen molar-refractivity contribution in [2.75, 3.05) is 13.1 Å². The zero-order chi connectivity index (χ0) is 19.5. The van der Waals surface area contributed by atoms with E-state index in [9.17, 15) is 14.4 Å². The number of hydrogen-bond donors (Lipinski definition) is 0. The minimum absolute atomic E-state index is 0.121. The van der Waals surface area contributed by atoms with E-state index in [1.54, 1.807) is 11.0 Å². The van der Waals surface area contributed by atoms with E-state index in [-0.39, 0.29) is 35.0 Å². The SMILES string of the molecule is CC(C)(C)OC(=O)N1CCC(C(=O)CC(=O)c2ccc(Cl)cc2Cl)CC1. The first-order valence-corrected chi connectivity index (χ1v) is 9.31. The monoisotopic (exact) mass is 399 g/mol. The molecule has 1 aliphatic rings. The zero-order valence-corrected chi connectivity index (χ0v) is 16.7. The van der Waals surface area contributed by atoms with Crippen molar-refractivity contribution in [2.45, 2.75) is 45.6 Å². The molecule has 0 radical (unpaired) electrons. The molecule has 142 valence electrons. The Morgan fingerprint density at radius 1 is 1.15 bits per heavy atom. The van der Waals surface area contributed by atoms with Crippen molar-refractivity contribution in [1.82, 2.24) is 4.90 Å². The Labute approximate surface area is 163 Å². The standard InChI is InChI=1S/C19H23Cl2NO4/c1-19(2,3)26-18(25)22-8-6-12(7-9-22)16(23)11-17(24)14-5-4-13(20)10-15(14)21/h4-5,10,12H,6-9,11H2,1-3H3. The number of piperidine rings is 1. The van der Waals surface area contributed by atoms with Crippen LogP contribution in [0.25, 0.3) is 0 Å². The van der Waals surface area contributed by atoms with Gasteiger partial charge in [0.25, 0.3) is 0 Å². The third-order valence-electron chi connectivity index (χ3n) is 4.17. The van der Waals surface area contributed by atoms with Crippen LogP contribution < -0.4 is 0 Å². The van der Waals surface area contributed by atoms with Gasteiger partial charge in [-0.3, -0.25) is 9.59 Å². The summed E-state index contributed by atoms with van der Waals surface area (Å²) >= 11 is 11.8. The average molecular weight is 400 g/mol. The van der Waals surface area contributed by atoms with E-state index in [0.29, 0.717) is 36.5 Å². The van der Waals surface area contributed by atoms with Gasteiger partial charge in [0, 0.05) is 29.6 Å². The topological polar surface area (TPSA) is 63.7 Å². The molecule has 1 aliphatic heterocycles. The fourth-order valence-corrected chi connectivity index (χ4v) is 3.34. The van der Waals surface area contributed by atoms with Crippen molar-refractivity contribution in [1.29, 1.82) is 0 Å². The van der Waals surface area contributed by atoms with E-state index >= 15 is 0 Å². The molecule has 1 heterocycles. The summed E-state index contributed by atoms with van der Waals surface area (Å²) in [5.74, 6) is -0.667. The van der Waals surface area contributed by atoms with Gasteiger partial charge in [-0.1, -0.05) is 23.2 Å². The van der Waals surface area contributed by atoms with Gasteiger partial charge in [-0.05, 0) is 51.8 Å². The maximum atomic E-state index is 12.4. The first-order chi connectivity index (χ1) is 12.1. The summed E-state index contributed by atoms with van der Waals surface area (Å²) in [5, 5.41) is 0.683. The van der Waals surface area contributed by atoms with Crippen LogP contribution in [0, 0.1) is 5.92 Å². The summed E-state index contributed by atoms with van der Waals surface area (Å²) in [7, 11) is 0. The van der Waals surface area contributed by atoms with Crippen LogP contribution in [0.4, 0.5) is 4.79 Å². The molecule has 1 aromatic carbocycles. The number of rotatable bonds is 4. The second kappa shape index (κ2) is 8.40. The van der Waals surface area contributed by atoms with E-state index in [1.165, 1.54) is 12.1 Å². The lowest BCUT2D eigenvalue weighted by atomic mass is 9.89. The van der Waals surface area contributed by atoms with E-state index in [2.05, 4.69) is 0 Å². The molecule has 0 bridgehead atoms. The number of carbonyl (C=O) groups excluding carboxylic acids is 3. The highest BCUT2D eigenvalue weighted by Crippen LogP contribution is 2.25. The summed E-state index contributed by atoms with van der Waals surface area (Å²) < 4.78 is 5.34. The number of benzene rings is 1. The predicted molar refractivity (Wildman–Crippen MR) is 101 cm³/mol. The number of ether oxygens (including phenoxy) is 1. The first kappa shape index (κ1) is 20.7. The third-order valence-corrected chi connectivity index (χ3v) is 4.72. The molecule has 0 unspecified atom stereocenters. The van der Waals surface area contributed by atoms with Crippen LogP contribution in [0.5, 0.6) is 0 Å². The second-order valence-electron chi connectivity index (χ2n) is 7.43. The second-order valence-corrected chi connectivity index (χ2v) is 8.28. The van der Waals surface area contributed by atoms with Gasteiger partial charge in [-0.2, -0.15) is 0 Å². The number of amides is 1. The van der Waals surface area contributed by atoms with Crippen LogP contribution in [0.3, 0.4) is 0 Å². The van der Waals surface area contributed by atoms with E-state index in [0.717, 1.165) is 0 Å². The number of carbonyl (C=O) groups is 3. The molecule has 0 saturated carbocycles. The Morgan fingerprint density at radius 3 is 2.31 bits per heavy atom. The minimum atomic E-state index is -0.548. The molecule has 1 amide bonds. The van der Waals surface area contributed by atoms with Crippen LogP contribution in [-0.4, -0.2) is 41.3 Å². The molecule has 0 spiro atoms. The predicted octanol–water partition coefficient (Wildman–Crippen LogP) is 4.78. The highest BCUT2D eigenvalue weighted by molar-refractivity contribution is 6.37. The molecule has 1 saturated heterocycles. The summed E-state index contributed by atoms with van der Waals surface area (Å²) in [6.07, 6.45) is 0.491. The van der Waals surface area contributed by atoms with Gasteiger partial charge >= 0.3 is 6.09 Å². The Morgan fingerprint density at radius 2 is 1.77 bits per heavy atom. The van der Waals surface area contributed by atoms with Gasteiger partial charge in [0.05, 0.1) is 11.4 Å². The number of hydrogen-bond acceptors (Lipinski definition) is 4. The summed E-state index contributed by atoms with van der Waals surface area (Å²) in [5.41, 5.74) is -0.246. The Bertz CT molecular complexity index is 704. The van der Waals surface area contributed by atoms with E-state index in [4.69, 9.17) is 27.9 Å². The van der Waals surface area contributed by atoms with Crippen molar-refractivity contribution < 1.29 is 19.1 Å². The Hall–Kier alpha value is -1.59. The zero-order valence-electron chi connectivity index (χ0n) is 15.2. The van der Waals surface area contributed by atoms with Crippen molar-refractivity contribution >= 4 is 40.9 Å². The number of halogens is 2. The number of ketones is 2. The summed E-state index contributed by atoms with van der Waals surface area (Å²) in [4.78, 5) is 38.4. The maximum absolute atomic E-state index is 12.4. The Kier molecular flexibility index (Phi) is 6.69. The molecule has 0 N–H and O–H groups in total. The molecule has 0 aliphatic carbocycles. The molecule has 5 nitrogen and oxygen atoms in total. The number of likely N-dealkylation sites (tertiary alicyclic amines) is 1. The highest BCUT2D eigenvalue weighted by atomic mass is 35.5. The van der Waals surface area contributed by atoms with Gasteiger partial charge in [0.2, 0.25) is 0 Å². The molecule has 26 heavy (non-hydrogen) atoms. The fraction of sp³-hybridized carbons (Fsp3) is 0.526. The van der Waals surface area contributed by atoms with Gasteiger partial charge in [-0.25, -0.2) is 4.79 Å². The van der Waals surface area contributed by atoms with E-state index in [1.807, 2.05) is 20.8 Å². The minimum Gasteiger partial charge on any atom is -0.444 e. The average Bonchev–Trinajstić information content (AvgIpc) is 2.53. The summed E-state index contributed by atoms with van der Waals surface area (Å²) in [6, 6.07) is 4.59. The highest BCUT2D eigenvalue weighted by Gasteiger charge is 2.30. The quantitative estimate of drug-likeness (QED) is 0.539. The third kappa shape index (κ3) is 5.71. The largest absolute Gasteiger partial charge is 0.444 e. The van der Waals surface area contributed by atoms with Gasteiger partial charge in [0.1, 0.15) is 11.4 Å². The number of nitrogens with zero attached hydrogens (tertiary/aromatic N) is 1. The molecular weight excluding hydrogens is 377 g/mol. The fourth-order valence-electron chi connectivity index (χ4n) is 2.82. The Balaban J connectivity index is 1.88. The lowest BCUT2D eigenvalue weighted by Crippen LogP contribution is -2.43. The van der Waals surface area contributed by atoms with Crippen LogP contribution in [0.15, 0.2) is 18.2 Å². The van der Waals surface area contributed by atoms with Crippen LogP contribution in [0.1, 0.15) is 50.4 Å². The molecular formula is C19H23Cl2NO4. The van der Waals surface area contributed by atoms with Gasteiger partial charge in [0.15, 0.2) is 5.78 Å². The van der Waals surface area contributed by atoms with Crippen LogP contribution >= 0.6 is 23.2 Å². The number of Topliss-reactive ketones (excluding diaryl/α,β-unsaturated/α-hetero) is 2. The molecule has 2 rings (SSSR count). The smallest absolute Gasteiger partial charge is 0.410 e. The van der Waals surface area contributed by atoms with Gasteiger partial charge < -0.3 is 9.64 Å². The van der Waals surface area contributed by atoms with Crippen molar-refractivity contribution in [2.24, 2.45) is 5.92 Å². The molecule has 1 fully saturated rings. The molecule has 7 heteroatoms. The van der Waals surface area contributed by atoms with Crippen LogP contribution in [-0.2, 0) is 9.53 Å². The van der Waals surface area contributed by atoms with E-state index < -0.39 is 5.60 Å². The van der Waals surface area contributed by atoms with Crippen molar-refractivity contribution in [3.63, 3.8) is 0 Å². The molecule has 1 aromatic rings. The maximum Gasteiger partial charge on any atom is 0.410 e. The van der Waals surface area contributed by atoms with Crippen molar-refractivity contribution in [3.05, 3.63) is 33.8 Å².